The Morgan fingerprint density at radius 3 is 2.39 bits per heavy atom. The van der Waals surface area contributed by atoms with Crippen LogP contribution in [0.3, 0.4) is 0 Å². The van der Waals surface area contributed by atoms with Gasteiger partial charge in [-0.2, -0.15) is 0 Å². The molecule has 5 nitrogen and oxygen atoms in total. The maximum Gasteiger partial charge on any atom is 0.191 e. The van der Waals surface area contributed by atoms with Crippen molar-refractivity contribution in [3.8, 4) is 0 Å². The van der Waals surface area contributed by atoms with Crippen LogP contribution in [0.1, 0.15) is 65.3 Å². The largest absolute Gasteiger partial charge is 0.359 e. The third kappa shape index (κ3) is 8.58. The molecule has 0 radical (unpaired) electrons. The van der Waals surface area contributed by atoms with Gasteiger partial charge in [-0.05, 0) is 23.7 Å². The maximum atomic E-state index is 5.32. The second-order valence-corrected chi connectivity index (χ2v) is 7.41. The van der Waals surface area contributed by atoms with Gasteiger partial charge in [0.1, 0.15) is 0 Å². The lowest BCUT2D eigenvalue weighted by Gasteiger charge is -2.27. The summed E-state index contributed by atoms with van der Waals surface area (Å²) in [6.07, 6.45) is 1.18. The molecule has 0 atom stereocenters. The van der Waals surface area contributed by atoms with Gasteiger partial charge in [-0.15, -0.1) is 24.0 Å². The molecule has 23 heavy (non-hydrogen) atoms. The van der Waals surface area contributed by atoms with Crippen LogP contribution in [-0.2, 0) is 6.54 Å². The van der Waals surface area contributed by atoms with E-state index in [1.165, 1.54) is 6.42 Å². The molecule has 1 rings (SSSR count). The highest BCUT2D eigenvalue weighted by Crippen LogP contribution is 2.23. The van der Waals surface area contributed by atoms with Crippen LogP contribution >= 0.6 is 24.0 Å². The van der Waals surface area contributed by atoms with E-state index in [1.54, 1.807) is 7.05 Å². The summed E-state index contributed by atoms with van der Waals surface area (Å²) in [5, 5.41) is 10.7. The van der Waals surface area contributed by atoms with Crippen molar-refractivity contribution in [1.82, 2.24) is 15.8 Å². The third-order valence-electron chi connectivity index (χ3n) is 3.52. The first-order valence-electron chi connectivity index (χ1n) is 8.13. The van der Waals surface area contributed by atoms with Gasteiger partial charge in [-0.1, -0.05) is 46.7 Å². The van der Waals surface area contributed by atoms with Crippen molar-refractivity contribution in [2.45, 2.75) is 60.4 Å². The summed E-state index contributed by atoms with van der Waals surface area (Å²) in [5.74, 6) is 2.69. The Balaban J connectivity index is 0.00000484. The zero-order chi connectivity index (χ0) is 16.8. The first-order valence-corrected chi connectivity index (χ1v) is 8.13. The Labute approximate surface area is 158 Å². The van der Waals surface area contributed by atoms with E-state index >= 15 is 0 Å². The van der Waals surface area contributed by atoms with Gasteiger partial charge >= 0.3 is 0 Å². The van der Waals surface area contributed by atoms with Crippen molar-refractivity contribution in [2.75, 3.05) is 13.6 Å². The van der Waals surface area contributed by atoms with Crippen LogP contribution in [0.2, 0.25) is 0 Å². The first kappa shape index (κ1) is 22.2. The average molecular weight is 436 g/mol. The summed E-state index contributed by atoms with van der Waals surface area (Å²) in [5.41, 5.74) is 1.22. The zero-order valence-corrected chi connectivity index (χ0v) is 17.9. The van der Waals surface area contributed by atoms with Gasteiger partial charge < -0.3 is 15.2 Å². The predicted molar refractivity (Wildman–Crippen MR) is 107 cm³/mol. The fourth-order valence-electron chi connectivity index (χ4n) is 2.58. The molecule has 0 aromatic carbocycles. The molecule has 0 aliphatic heterocycles. The van der Waals surface area contributed by atoms with Crippen molar-refractivity contribution in [2.24, 2.45) is 16.3 Å². The van der Waals surface area contributed by atoms with Crippen LogP contribution in [0.25, 0.3) is 0 Å². The summed E-state index contributed by atoms with van der Waals surface area (Å²) < 4.78 is 5.32. The number of hydrogen-bond acceptors (Lipinski definition) is 3. The molecular weight excluding hydrogens is 403 g/mol. The normalized spacial score (nSPS) is 12.5. The molecule has 0 saturated carbocycles. The third-order valence-corrected chi connectivity index (χ3v) is 3.52. The predicted octanol–water partition coefficient (Wildman–Crippen LogP) is 4.15. The van der Waals surface area contributed by atoms with Crippen molar-refractivity contribution in [3.63, 3.8) is 0 Å². The number of nitrogens with zero attached hydrogens (tertiary/aromatic N) is 2. The van der Waals surface area contributed by atoms with Crippen molar-refractivity contribution >= 4 is 29.9 Å². The molecule has 0 unspecified atom stereocenters. The molecular formula is C17H33IN4O. The van der Waals surface area contributed by atoms with E-state index in [0.29, 0.717) is 18.4 Å². The van der Waals surface area contributed by atoms with Crippen molar-refractivity contribution < 1.29 is 4.52 Å². The Bertz CT molecular complexity index is 481. The highest BCUT2D eigenvalue weighted by atomic mass is 127. The minimum Gasteiger partial charge on any atom is -0.359 e. The smallest absolute Gasteiger partial charge is 0.191 e. The molecule has 0 fully saturated rings. The van der Waals surface area contributed by atoms with Gasteiger partial charge in [0.05, 0.1) is 12.2 Å². The molecule has 0 saturated heterocycles. The minimum absolute atomic E-state index is 0. The lowest BCUT2D eigenvalue weighted by Crippen LogP contribution is -2.42. The quantitative estimate of drug-likeness (QED) is 0.383. The number of nitrogens with one attached hydrogen (secondary N) is 2. The second-order valence-electron chi connectivity index (χ2n) is 7.41. The van der Waals surface area contributed by atoms with E-state index in [-0.39, 0.29) is 29.4 Å². The van der Waals surface area contributed by atoms with Crippen molar-refractivity contribution in [3.05, 3.63) is 17.5 Å². The monoisotopic (exact) mass is 436 g/mol. The number of guanidine groups is 1. The molecule has 0 aliphatic carbocycles. The Morgan fingerprint density at radius 2 is 1.91 bits per heavy atom. The molecule has 1 aromatic rings. The highest BCUT2D eigenvalue weighted by molar-refractivity contribution is 14.0. The van der Waals surface area contributed by atoms with Crippen LogP contribution in [0.4, 0.5) is 0 Å². The molecule has 0 spiro atoms. The Hall–Kier alpha value is -0.790. The Kier molecular flexibility index (Phi) is 9.80. The summed E-state index contributed by atoms with van der Waals surface area (Å²) in [4.78, 5) is 4.26. The maximum absolute atomic E-state index is 5.32. The van der Waals surface area contributed by atoms with E-state index in [0.717, 1.165) is 24.0 Å². The minimum atomic E-state index is 0. The van der Waals surface area contributed by atoms with Gasteiger partial charge in [-0.3, -0.25) is 4.99 Å². The first-order chi connectivity index (χ1) is 10.2. The van der Waals surface area contributed by atoms with E-state index < -0.39 is 0 Å². The lowest BCUT2D eigenvalue weighted by atomic mass is 9.84. The summed E-state index contributed by atoms with van der Waals surface area (Å²) >= 11 is 0. The van der Waals surface area contributed by atoms with Gasteiger partial charge in [-0.25, -0.2) is 0 Å². The number of hydrogen-bond donors (Lipinski definition) is 2. The standard InChI is InChI=1S/C17H32N4O.HI/c1-12(2)9-17(5,6)11-20-16(18-7)19-10-14-8-15(13(3)4)21-22-14;/h8,12-13H,9-11H2,1-7H3,(H2,18,19,20);1H. The number of rotatable bonds is 7. The number of aliphatic imine (C=N–C) groups is 1. The molecule has 0 aliphatic rings. The number of aromatic nitrogens is 1. The Morgan fingerprint density at radius 1 is 1.26 bits per heavy atom. The van der Waals surface area contributed by atoms with Crippen LogP contribution in [0.15, 0.2) is 15.6 Å². The molecule has 1 heterocycles. The van der Waals surface area contributed by atoms with E-state index in [2.05, 4.69) is 62.3 Å². The van der Waals surface area contributed by atoms with Crippen molar-refractivity contribution in [1.29, 1.82) is 0 Å². The summed E-state index contributed by atoms with van der Waals surface area (Å²) in [6.45, 7) is 14.7. The molecule has 0 bridgehead atoms. The fraction of sp³-hybridized carbons (Fsp3) is 0.765. The lowest BCUT2D eigenvalue weighted by molar-refractivity contribution is 0.286. The molecule has 0 amide bonds. The summed E-state index contributed by atoms with van der Waals surface area (Å²) in [7, 11) is 1.78. The fourth-order valence-corrected chi connectivity index (χ4v) is 2.58. The topological polar surface area (TPSA) is 62.5 Å². The zero-order valence-electron chi connectivity index (χ0n) is 15.6. The van der Waals surface area contributed by atoms with Gasteiger partial charge in [0, 0.05) is 19.7 Å². The van der Waals surface area contributed by atoms with Gasteiger partial charge in [0.15, 0.2) is 11.7 Å². The van der Waals surface area contributed by atoms with Crippen LogP contribution < -0.4 is 10.6 Å². The second kappa shape index (κ2) is 10.2. The summed E-state index contributed by atoms with van der Waals surface area (Å²) in [6, 6.07) is 1.99. The highest BCUT2D eigenvalue weighted by Gasteiger charge is 2.19. The van der Waals surface area contributed by atoms with E-state index in [9.17, 15) is 0 Å². The van der Waals surface area contributed by atoms with E-state index in [1.807, 2.05) is 6.07 Å². The molecule has 134 valence electrons. The van der Waals surface area contributed by atoms with Gasteiger partial charge in [0.2, 0.25) is 0 Å². The van der Waals surface area contributed by atoms with Crippen LogP contribution in [0.5, 0.6) is 0 Å². The van der Waals surface area contributed by atoms with Crippen LogP contribution in [0, 0.1) is 11.3 Å². The molecule has 1 aromatic heterocycles. The van der Waals surface area contributed by atoms with E-state index in [4.69, 9.17) is 4.52 Å². The van der Waals surface area contributed by atoms with Gasteiger partial charge in [0.25, 0.3) is 0 Å². The van der Waals surface area contributed by atoms with Crippen LogP contribution in [-0.4, -0.2) is 24.7 Å². The number of halogens is 1. The SMILES string of the molecule is CN=C(NCc1cc(C(C)C)no1)NCC(C)(C)CC(C)C.I. The molecule has 6 heteroatoms. The molecule has 2 N–H and O–H groups in total. The average Bonchev–Trinajstić information content (AvgIpc) is 2.86.